The van der Waals surface area contributed by atoms with Crippen molar-refractivity contribution in [1.29, 1.82) is 0 Å². The van der Waals surface area contributed by atoms with Crippen LogP contribution in [0.4, 0.5) is 0 Å². The van der Waals surface area contributed by atoms with Crippen molar-refractivity contribution in [2.75, 3.05) is 20.2 Å². The number of halogens is 1. The number of benzene rings is 2. The van der Waals surface area contributed by atoms with Crippen LogP contribution in [0.15, 0.2) is 39.7 Å². The number of fused-ring (bicyclic) bond motifs is 1. The number of carbonyl (C=O) groups is 1. The molecule has 7 heteroatoms. The number of ether oxygens (including phenoxy) is 4. The second-order valence-corrected chi connectivity index (χ2v) is 6.67. The molecule has 3 rings (SSSR count). The number of hydrogen-bond acceptors (Lipinski definition) is 6. The second kappa shape index (κ2) is 7.36. The van der Waals surface area contributed by atoms with Crippen LogP contribution < -0.4 is 14.2 Å². The smallest absolute Gasteiger partial charge is 0.342 e. The number of carbonyl (C=O) groups excluding carboxylic acids is 1. The van der Waals surface area contributed by atoms with Crippen LogP contribution in [0.2, 0.25) is 0 Å². The van der Waals surface area contributed by atoms with Crippen molar-refractivity contribution in [3.63, 3.8) is 0 Å². The lowest BCUT2D eigenvalue weighted by Gasteiger charge is -2.11. The third-order valence-corrected chi connectivity index (χ3v) is 4.99. The number of hydrogen-bond donors (Lipinski definition) is 0. The quantitative estimate of drug-likeness (QED) is 0.541. The van der Waals surface area contributed by atoms with E-state index in [2.05, 4.69) is 15.9 Å². The molecule has 2 aromatic carbocycles. The van der Waals surface area contributed by atoms with E-state index in [4.69, 9.17) is 18.9 Å². The molecule has 0 spiro atoms. The van der Waals surface area contributed by atoms with Crippen molar-refractivity contribution < 1.29 is 23.7 Å². The van der Waals surface area contributed by atoms with Crippen LogP contribution in [0.3, 0.4) is 0 Å². The monoisotopic (exact) mass is 410 g/mol. The van der Waals surface area contributed by atoms with Gasteiger partial charge in [0.05, 0.1) is 7.11 Å². The Bertz CT molecular complexity index is 778. The zero-order chi connectivity index (χ0) is 17.1. The Morgan fingerprint density at radius 3 is 2.71 bits per heavy atom. The molecule has 2 aromatic rings. The molecule has 126 valence electrons. The number of methoxy groups -OCH3 is 1. The molecule has 0 saturated heterocycles. The lowest BCUT2D eigenvalue weighted by atomic mass is 10.2. The van der Waals surface area contributed by atoms with Crippen LogP contribution in [0.5, 0.6) is 17.2 Å². The summed E-state index contributed by atoms with van der Waals surface area (Å²) in [6, 6.07) is 8.99. The van der Waals surface area contributed by atoms with Gasteiger partial charge in [0.1, 0.15) is 17.9 Å². The van der Waals surface area contributed by atoms with Crippen LogP contribution in [0.25, 0.3) is 0 Å². The van der Waals surface area contributed by atoms with Gasteiger partial charge in [-0.05, 0) is 36.6 Å². The molecule has 0 N–H and O–H groups in total. The van der Waals surface area contributed by atoms with Gasteiger partial charge in [-0.15, -0.1) is 11.8 Å². The predicted molar refractivity (Wildman–Crippen MR) is 94.2 cm³/mol. The summed E-state index contributed by atoms with van der Waals surface area (Å²) in [6.07, 6.45) is 1.96. The maximum absolute atomic E-state index is 12.4. The highest BCUT2D eigenvalue weighted by Gasteiger charge is 2.19. The zero-order valence-electron chi connectivity index (χ0n) is 13.1. The molecule has 0 amide bonds. The van der Waals surface area contributed by atoms with Gasteiger partial charge < -0.3 is 18.9 Å². The first-order valence-electron chi connectivity index (χ1n) is 7.09. The van der Waals surface area contributed by atoms with Gasteiger partial charge in [-0.25, -0.2) is 4.79 Å². The van der Waals surface area contributed by atoms with Crippen LogP contribution in [-0.4, -0.2) is 26.1 Å². The Labute approximate surface area is 152 Å². The van der Waals surface area contributed by atoms with E-state index < -0.39 is 5.97 Å². The van der Waals surface area contributed by atoms with E-state index in [-0.39, 0.29) is 13.4 Å². The zero-order valence-corrected chi connectivity index (χ0v) is 15.5. The first-order chi connectivity index (χ1) is 11.6. The normalized spacial score (nSPS) is 12.1. The van der Waals surface area contributed by atoms with E-state index in [9.17, 15) is 4.79 Å². The summed E-state index contributed by atoms with van der Waals surface area (Å²) in [7, 11) is 1.53. The Balaban J connectivity index is 1.74. The summed E-state index contributed by atoms with van der Waals surface area (Å²) in [5.74, 6) is 1.37. The van der Waals surface area contributed by atoms with E-state index in [1.54, 1.807) is 30.0 Å². The van der Waals surface area contributed by atoms with Crippen molar-refractivity contribution in [2.24, 2.45) is 0 Å². The van der Waals surface area contributed by atoms with Crippen molar-refractivity contribution in [3.8, 4) is 17.2 Å². The minimum atomic E-state index is -0.441. The molecule has 0 aliphatic carbocycles. The van der Waals surface area contributed by atoms with Crippen LogP contribution in [-0.2, 0) is 11.3 Å². The third kappa shape index (κ3) is 3.47. The lowest BCUT2D eigenvalue weighted by molar-refractivity contribution is 0.0468. The van der Waals surface area contributed by atoms with Gasteiger partial charge >= 0.3 is 5.97 Å². The van der Waals surface area contributed by atoms with Crippen LogP contribution in [0, 0.1) is 0 Å². The molecule has 0 bridgehead atoms. The molecular weight excluding hydrogens is 396 g/mol. The van der Waals surface area contributed by atoms with Gasteiger partial charge in [0.15, 0.2) is 11.5 Å². The minimum Gasteiger partial charge on any atom is -0.496 e. The largest absolute Gasteiger partial charge is 0.496 e. The van der Waals surface area contributed by atoms with Gasteiger partial charge in [-0.2, -0.15) is 0 Å². The van der Waals surface area contributed by atoms with Crippen molar-refractivity contribution in [1.82, 2.24) is 0 Å². The molecular formula is C17H15BrO5S. The van der Waals surface area contributed by atoms with E-state index >= 15 is 0 Å². The van der Waals surface area contributed by atoms with Gasteiger partial charge in [0.2, 0.25) is 6.79 Å². The first-order valence-corrected chi connectivity index (χ1v) is 9.11. The summed E-state index contributed by atoms with van der Waals surface area (Å²) in [5, 5.41) is 0. The fraction of sp³-hybridized carbons (Fsp3) is 0.235. The average molecular weight is 411 g/mol. The van der Waals surface area contributed by atoms with Crippen molar-refractivity contribution in [2.45, 2.75) is 11.5 Å². The molecule has 0 radical (unpaired) electrons. The molecule has 1 heterocycles. The van der Waals surface area contributed by atoms with Crippen LogP contribution >= 0.6 is 27.7 Å². The van der Waals surface area contributed by atoms with Gasteiger partial charge in [-0.1, -0.05) is 15.9 Å². The van der Waals surface area contributed by atoms with E-state index in [0.29, 0.717) is 22.8 Å². The molecule has 0 unspecified atom stereocenters. The van der Waals surface area contributed by atoms with Gasteiger partial charge in [0, 0.05) is 14.9 Å². The SMILES string of the molecule is COc1cc(SC)ccc1C(=O)OCc1cc2c(cc1Br)OCO2. The van der Waals surface area contributed by atoms with Crippen molar-refractivity contribution in [3.05, 3.63) is 45.9 Å². The molecule has 1 aliphatic heterocycles. The third-order valence-electron chi connectivity index (χ3n) is 3.53. The second-order valence-electron chi connectivity index (χ2n) is 4.94. The summed E-state index contributed by atoms with van der Waals surface area (Å²) < 4.78 is 22.1. The molecule has 0 fully saturated rings. The molecule has 5 nitrogen and oxygen atoms in total. The lowest BCUT2D eigenvalue weighted by Crippen LogP contribution is -2.07. The highest BCUT2D eigenvalue weighted by Crippen LogP contribution is 2.37. The summed E-state index contributed by atoms with van der Waals surface area (Å²) in [6.45, 7) is 0.313. The van der Waals surface area contributed by atoms with Gasteiger partial charge in [0.25, 0.3) is 0 Å². The fourth-order valence-corrected chi connectivity index (χ4v) is 3.12. The highest BCUT2D eigenvalue weighted by atomic mass is 79.9. The van der Waals surface area contributed by atoms with E-state index in [1.165, 1.54) is 7.11 Å². The Hall–Kier alpha value is -1.86. The highest BCUT2D eigenvalue weighted by molar-refractivity contribution is 9.10. The standard InChI is InChI=1S/C17H15BrO5S/c1-20-14-6-11(24-2)3-4-12(14)17(19)21-8-10-5-15-16(7-13(10)18)23-9-22-15/h3-7H,8-9H2,1-2H3. The molecule has 0 atom stereocenters. The summed E-state index contributed by atoms with van der Waals surface area (Å²) >= 11 is 5.03. The van der Waals surface area contributed by atoms with Crippen LogP contribution in [0.1, 0.15) is 15.9 Å². The molecule has 24 heavy (non-hydrogen) atoms. The summed E-state index contributed by atoms with van der Waals surface area (Å²) in [5.41, 5.74) is 1.19. The maximum atomic E-state index is 12.4. The number of rotatable bonds is 5. The van der Waals surface area contributed by atoms with Crippen molar-refractivity contribution >= 4 is 33.7 Å². The summed E-state index contributed by atoms with van der Waals surface area (Å²) in [4.78, 5) is 13.4. The minimum absolute atomic E-state index is 0.115. The fourth-order valence-electron chi connectivity index (χ4n) is 2.26. The predicted octanol–water partition coefficient (Wildman–Crippen LogP) is 4.27. The average Bonchev–Trinajstić information content (AvgIpc) is 3.05. The Morgan fingerprint density at radius 1 is 1.25 bits per heavy atom. The molecule has 0 saturated carbocycles. The maximum Gasteiger partial charge on any atom is 0.342 e. The molecule has 1 aliphatic rings. The number of esters is 1. The Kier molecular flexibility index (Phi) is 5.20. The molecule has 0 aromatic heterocycles. The van der Waals surface area contributed by atoms with E-state index in [1.807, 2.05) is 18.4 Å². The van der Waals surface area contributed by atoms with E-state index in [0.717, 1.165) is 14.9 Å². The topological polar surface area (TPSA) is 54.0 Å². The Morgan fingerprint density at radius 2 is 2.00 bits per heavy atom. The van der Waals surface area contributed by atoms with Gasteiger partial charge in [-0.3, -0.25) is 0 Å². The first kappa shape index (κ1) is 17.0. The number of thioether (sulfide) groups is 1.